The van der Waals surface area contributed by atoms with Crippen LogP contribution in [-0.4, -0.2) is 25.6 Å². The number of carbonyl (C=O) groups excluding carboxylic acids is 1. The average molecular weight is 369 g/mol. The molecule has 1 amide bonds. The number of hydrogen-bond donors (Lipinski definition) is 1. The molecule has 0 fully saturated rings. The third kappa shape index (κ3) is 5.56. The van der Waals surface area contributed by atoms with Crippen LogP contribution in [0.1, 0.15) is 51.9 Å². The Morgan fingerprint density at radius 2 is 1.88 bits per heavy atom. The maximum Gasteiger partial charge on any atom is 0.226 e. The summed E-state index contributed by atoms with van der Waals surface area (Å²) in [6.07, 6.45) is 8.53. The highest BCUT2D eigenvalue weighted by atomic mass is 32.2. The molecular weight excluding hydrogens is 344 g/mol. The third-order valence-electron chi connectivity index (χ3n) is 3.79. The molecule has 1 heterocycles. The van der Waals surface area contributed by atoms with Gasteiger partial charge in [0, 0.05) is 12.7 Å². The van der Waals surface area contributed by atoms with E-state index < -0.39 is 9.84 Å². The molecular formula is C17H24N2O3S2. The van der Waals surface area contributed by atoms with Gasteiger partial charge in [0.2, 0.25) is 5.91 Å². The van der Waals surface area contributed by atoms with Gasteiger partial charge < -0.3 is 5.32 Å². The summed E-state index contributed by atoms with van der Waals surface area (Å²) in [4.78, 5) is 16.6. The third-order valence-corrected chi connectivity index (χ3v) is 5.84. The van der Waals surface area contributed by atoms with Crippen molar-refractivity contribution in [2.45, 2.75) is 56.8 Å². The SMILES string of the molecule is CCCCCCCCC(=O)Nc1nc2ccc(S(C)(=O)=O)cc2s1. The molecule has 24 heavy (non-hydrogen) atoms. The second-order valence-electron chi connectivity index (χ2n) is 5.99. The van der Waals surface area contributed by atoms with E-state index in [4.69, 9.17) is 0 Å². The highest BCUT2D eigenvalue weighted by Gasteiger charge is 2.12. The fourth-order valence-corrected chi connectivity index (χ4v) is 4.08. The van der Waals surface area contributed by atoms with Crippen molar-refractivity contribution < 1.29 is 13.2 Å². The van der Waals surface area contributed by atoms with Crippen LogP contribution in [0.4, 0.5) is 5.13 Å². The lowest BCUT2D eigenvalue weighted by molar-refractivity contribution is -0.116. The summed E-state index contributed by atoms with van der Waals surface area (Å²) in [5, 5.41) is 3.33. The Hall–Kier alpha value is -1.47. The number of thiazole rings is 1. The van der Waals surface area contributed by atoms with Crippen LogP contribution in [0.3, 0.4) is 0 Å². The van der Waals surface area contributed by atoms with Crippen molar-refractivity contribution in [2.24, 2.45) is 0 Å². The molecule has 2 rings (SSSR count). The normalized spacial score (nSPS) is 11.8. The zero-order valence-corrected chi connectivity index (χ0v) is 15.8. The number of sulfone groups is 1. The second kappa shape index (κ2) is 8.58. The van der Waals surface area contributed by atoms with Gasteiger partial charge in [-0.3, -0.25) is 4.79 Å². The maximum absolute atomic E-state index is 12.0. The van der Waals surface area contributed by atoms with Crippen LogP contribution in [0.25, 0.3) is 10.2 Å². The van der Waals surface area contributed by atoms with E-state index in [-0.39, 0.29) is 10.8 Å². The zero-order chi connectivity index (χ0) is 17.6. The monoisotopic (exact) mass is 368 g/mol. The predicted octanol–water partition coefficient (Wildman–Crippen LogP) is 4.39. The van der Waals surface area contributed by atoms with Crippen LogP contribution in [0.2, 0.25) is 0 Å². The lowest BCUT2D eigenvalue weighted by Crippen LogP contribution is -2.10. The van der Waals surface area contributed by atoms with Gasteiger partial charge in [0.15, 0.2) is 15.0 Å². The van der Waals surface area contributed by atoms with Gasteiger partial charge in [-0.05, 0) is 24.6 Å². The number of unbranched alkanes of at least 4 members (excludes halogenated alkanes) is 5. The first-order chi connectivity index (χ1) is 11.4. The lowest BCUT2D eigenvalue weighted by Gasteiger charge is -2.01. The first-order valence-electron chi connectivity index (χ1n) is 8.30. The van der Waals surface area contributed by atoms with Gasteiger partial charge in [-0.15, -0.1) is 0 Å². The van der Waals surface area contributed by atoms with Crippen molar-refractivity contribution in [1.82, 2.24) is 4.98 Å². The van der Waals surface area contributed by atoms with E-state index in [1.807, 2.05) is 0 Å². The first kappa shape index (κ1) is 18.9. The van der Waals surface area contributed by atoms with Crippen molar-refractivity contribution in [3.63, 3.8) is 0 Å². The Bertz CT molecular complexity index is 797. The Balaban J connectivity index is 1.89. The predicted molar refractivity (Wildman–Crippen MR) is 99.4 cm³/mol. The molecule has 0 aliphatic heterocycles. The fourth-order valence-electron chi connectivity index (χ4n) is 2.44. The van der Waals surface area contributed by atoms with E-state index in [9.17, 15) is 13.2 Å². The van der Waals surface area contributed by atoms with Crippen molar-refractivity contribution in [1.29, 1.82) is 0 Å². The summed E-state index contributed by atoms with van der Waals surface area (Å²) in [7, 11) is -3.24. The lowest BCUT2D eigenvalue weighted by atomic mass is 10.1. The molecule has 1 N–H and O–H groups in total. The zero-order valence-electron chi connectivity index (χ0n) is 14.2. The summed E-state index contributed by atoms with van der Waals surface area (Å²) < 4.78 is 23.9. The number of hydrogen-bond acceptors (Lipinski definition) is 5. The molecule has 0 atom stereocenters. The number of rotatable bonds is 9. The molecule has 7 heteroatoms. The van der Waals surface area contributed by atoms with Crippen LogP contribution in [0.15, 0.2) is 23.1 Å². The molecule has 0 radical (unpaired) electrons. The Kier molecular flexibility index (Phi) is 6.74. The maximum atomic E-state index is 12.0. The summed E-state index contributed by atoms with van der Waals surface area (Å²) in [5.74, 6) is -0.0344. The van der Waals surface area contributed by atoms with Gasteiger partial charge in [0.1, 0.15) is 0 Å². The van der Waals surface area contributed by atoms with Gasteiger partial charge in [-0.1, -0.05) is 50.4 Å². The molecule has 0 saturated carbocycles. The topological polar surface area (TPSA) is 76.1 Å². The smallest absolute Gasteiger partial charge is 0.226 e. The highest BCUT2D eigenvalue weighted by molar-refractivity contribution is 7.90. The summed E-state index contributed by atoms with van der Waals surface area (Å²) in [5.41, 5.74) is 0.697. The molecule has 0 aliphatic rings. The second-order valence-corrected chi connectivity index (χ2v) is 9.03. The molecule has 0 aliphatic carbocycles. The van der Waals surface area contributed by atoms with Crippen LogP contribution in [0.5, 0.6) is 0 Å². The van der Waals surface area contributed by atoms with E-state index in [0.717, 1.165) is 17.5 Å². The number of amides is 1. The van der Waals surface area contributed by atoms with Gasteiger partial charge in [-0.2, -0.15) is 0 Å². The number of fused-ring (bicyclic) bond motifs is 1. The molecule has 1 aromatic carbocycles. The minimum Gasteiger partial charge on any atom is -0.302 e. The van der Waals surface area contributed by atoms with Crippen LogP contribution < -0.4 is 5.32 Å². The van der Waals surface area contributed by atoms with Crippen LogP contribution >= 0.6 is 11.3 Å². The molecule has 1 aromatic heterocycles. The van der Waals surface area contributed by atoms with Crippen molar-refractivity contribution in [3.8, 4) is 0 Å². The molecule has 2 aromatic rings. The van der Waals surface area contributed by atoms with Crippen molar-refractivity contribution in [3.05, 3.63) is 18.2 Å². The number of nitrogens with one attached hydrogen (secondary N) is 1. The van der Waals surface area contributed by atoms with E-state index in [2.05, 4.69) is 17.2 Å². The van der Waals surface area contributed by atoms with Gasteiger partial charge >= 0.3 is 0 Å². The molecule has 0 bridgehead atoms. The number of carbonyl (C=O) groups is 1. The van der Waals surface area contributed by atoms with Crippen molar-refractivity contribution in [2.75, 3.05) is 11.6 Å². The molecule has 0 unspecified atom stereocenters. The van der Waals surface area contributed by atoms with Gasteiger partial charge in [0.05, 0.1) is 15.1 Å². The van der Waals surface area contributed by atoms with E-state index >= 15 is 0 Å². The summed E-state index contributed by atoms with van der Waals surface area (Å²) >= 11 is 1.30. The molecule has 0 spiro atoms. The molecule has 132 valence electrons. The summed E-state index contributed by atoms with van der Waals surface area (Å²) in [6.45, 7) is 2.18. The fraction of sp³-hybridized carbons (Fsp3) is 0.529. The largest absolute Gasteiger partial charge is 0.302 e. The van der Waals surface area contributed by atoms with Gasteiger partial charge in [0.25, 0.3) is 0 Å². The van der Waals surface area contributed by atoms with E-state index in [1.54, 1.807) is 18.2 Å². The number of anilines is 1. The number of aromatic nitrogens is 1. The Morgan fingerprint density at radius 3 is 2.58 bits per heavy atom. The van der Waals surface area contributed by atoms with Gasteiger partial charge in [-0.25, -0.2) is 13.4 Å². The van der Waals surface area contributed by atoms with E-state index in [1.165, 1.54) is 43.3 Å². The van der Waals surface area contributed by atoms with E-state index in [0.29, 0.717) is 17.1 Å². The molecule has 5 nitrogen and oxygen atoms in total. The summed E-state index contributed by atoms with van der Waals surface area (Å²) in [6, 6.07) is 4.82. The average Bonchev–Trinajstić information content (AvgIpc) is 2.91. The van der Waals surface area contributed by atoms with Crippen LogP contribution in [-0.2, 0) is 14.6 Å². The number of benzene rings is 1. The van der Waals surface area contributed by atoms with Crippen LogP contribution in [0, 0.1) is 0 Å². The standard InChI is InChI=1S/C17H24N2O3S2/c1-3-4-5-6-7-8-9-16(20)19-17-18-14-11-10-13(24(2,21)22)12-15(14)23-17/h10-12H,3-9H2,1-2H3,(H,18,19,20). The minimum atomic E-state index is -3.24. The Morgan fingerprint density at radius 1 is 1.17 bits per heavy atom. The minimum absolute atomic E-state index is 0.0344. The quantitative estimate of drug-likeness (QED) is 0.666. The molecule has 0 saturated heterocycles. The van der Waals surface area contributed by atoms with Crippen molar-refractivity contribution >= 4 is 42.4 Å². The Labute approximate surface area is 147 Å². The number of nitrogens with zero attached hydrogens (tertiary/aromatic N) is 1. The highest BCUT2D eigenvalue weighted by Crippen LogP contribution is 2.28. The first-order valence-corrected chi connectivity index (χ1v) is 11.0.